The highest BCUT2D eigenvalue weighted by Crippen LogP contribution is 2.34. The number of rotatable bonds is 6. The maximum absolute atomic E-state index is 14.0. The van der Waals surface area contributed by atoms with Crippen LogP contribution in [0.1, 0.15) is 46.0 Å². The lowest BCUT2D eigenvalue weighted by Gasteiger charge is -2.36. The van der Waals surface area contributed by atoms with E-state index in [2.05, 4.69) is 18.8 Å². The molecular formula is C16H24FN3. The summed E-state index contributed by atoms with van der Waals surface area (Å²) in [6, 6.07) is 6.77. The summed E-state index contributed by atoms with van der Waals surface area (Å²) >= 11 is 0. The van der Waals surface area contributed by atoms with Crippen molar-refractivity contribution in [2.45, 2.75) is 51.5 Å². The average Bonchev–Trinajstić information content (AvgIpc) is 2.72. The zero-order chi connectivity index (χ0) is 14.6. The van der Waals surface area contributed by atoms with E-state index in [1.807, 2.05) is 11.0 Å². The second kappa shape index (κ2) is 6.25. The molecule has 1 aromatic rings. The van der Waals surface area contributed by atoms with Crippen LogP contribution in [0.4, 0.5) is 10.1 Å². The van der Waals surface area contributed by atoms with Crippen molar-refractivity contribution in [2.75, 3.05) is 11.4 Å². The Labute approximate surface area is 120 Å². The van der Waals surface area contributed by atoms with E-state index in [0.717, 1.165) is 12.8 Å². The van der Waals surface area contributed by atoms with Crippen molar-refractivity contribution in [1.82, 2.24) is 0 Å². The Morgan fingerprint density at radius 3 is 2.75 bits per heavy atom. The van der Waals surface area contributed by atoms with Crippen molar-refractivity contribution in [2.24, 2.45) is 10.7 Å². The van der Waals surface area contributed by atoms with Gasteiger partial charge >= 0.3 is 0 Å². The van der Waals surface area contributed by atoms with Gasteiger partial charge in [0.15, 0.2) is 5.96 Å². The van der Waals surface area contributed by atoms with E-state index < -0.39 is 0 Å². The van der Waals surface area contributed by atoms with Crippen LogP contribution in [0.5, 0.6) is 0 Å². The van der Waals surface area contributed by atoms with Crippen molar-refractivity contribution < 1.29 is 4.39 Å². The molecule has 2 rings (SSSR count). The fourth-order valence-corrected chi connectivity index (χ4v) is 2.84. The van der Waals surface area contributed by atoms with Crippen LogP contribution >= 0.6 is 0 Å². The van der Waals surface area contributed by atoms with Gasteiger partial charge in [0, 0.05) is 0 Å². The molecule has 0 saturated heterocycles. The van der Waals surface area contributed by atoms with Crippen molar-refractivity contribution in [3.05, 3.63) is 30.1 Å². The molecular weight excluding hydrogens is 253 g/mol. The van der Waals surface area contributed by atoms with E-state index in [1.165, 1.54) is 25.3 Å². The Morgan fingerprint density at radius 1 is 1.30 bits per heavy atom. The van der Waals surface area contributed by atoms with Crippen molar-refractivity contribution >= 4 is 11.6 Å². The van der Waals surface area contributed by atoms with Gasteiger partial charge < -0.3 is 10.6 Å². The van der Waals surface area contributed by atoms with Crippen molar-refractivity contribution in [3.63, 3.8) is 0 Å². The third-order valence-electron chi connectivity index (χ3n) is 4.01. The molecule has 0 aromatic heterocycles. The van der Waals surface area contributed by atoms with E-state index in [4.69, 9.17) is 5.73 Å². The first-order valence-electron chi connectivity index (χ1n) is 7.43. The number of para-hydroxylation sites is 1. The van der Waals surface area contributed by atoms with Crippen LogP contribution in [0.2, 0.25) is 0 Å². The molecule has 0 spiro atoms. The third kappa shape index (κ3) is 2.94. The normalized spacial score (nSPS) is 22.1. The average molecular weight is 277 g/mol. The van der Waals surface area contributed by atoms with Crippen LogP contribution < -0.4 is 10.6 Å². The molecule has 4 heteroatoms. The van der Waals surface area contributed by atoms with Gasteiger partial charge in [-0.2, -0.15) is 0 Å². The first kappa shape index (κ1) is 14.8. The summed E-state index contributed by atoms with van der Waals surface area (Å²) in [5.74, 6) is 0.181. The molecule has 1 aliphatic heterocycles. The van der Waals surface area contributed by atoms with Gasteiger partial charge in [-0.05, 0) is 25.5 Å². The minimum atomic E-state index is -0.243. The second-order valence-corrected chi connectivity index (χ2v) is 5.77. The largest absolute Gasteiger partial charge is 0.369 e. The SMILES string of the molecule is CCCCCCC1(C)CN=C(N)N1c1ccccc1F. The zero-order valence-corrected chi connectivity index (χ0v) is 12.4. The fraction of sp³-hybridized carbons (Fsp3) is 0.562. The van der Waals surface area contributed by atoms with Crippen LogP contribution in [0.3, 0.4) is 0 Å². The minimum Gasteiger partial charge on any atom is -0.369 e. The van der Waals surface area contributed by atoms with Crippen molar-refractivity contribution in [3.8, 4) is 0 Å². The van der Waals surface area contributed by atoms with Crippen molar-refractivity contribution in [1.29, 1.82) is 0 Å². The summed E-state index contributed by atoms with van der Waals surface area (Å²) in [6.07, 6.45) is 5.76. The van der Waals surface area contributed by atoms with E-state index in [1.54, 1.807) is 12.1 Å². The van der Waals surface area contributed by atoms with Gasteiger partial charge in [0.25, 0.3) is 0 Å². The number of benzene rings is 1. The predicted octanol–water partition coefficient (Wildman–Crippen LogP) is 3.69. The number of unbranched alkanes of at least 4 members (excludes halogenated alkanes) is 3. The van der Waals surface area contributed by atoms with Gasteiger partial charge in [-0.25, -0.2) is 4.39 Å². The highest BCUT2D eigenvalue weighted by Gasteiger charge is 2.39. The molecule has 20 heavy (non-hydrogen) atoms. The molecule has 0 fully saturated rings. The van der Waals surface area contributed by atoms with Crippen LogP contribution in [0.15, 0.2) is 29.3 Å². The van der Waals surface area contributed by atoms with Gasteiger partial charge in [-0.15, -0.1) is 0 Å². The Hall–Kier alpha value is -1.58. The highest BCUT2D eigenvalue weighted by atomic mass is 19.1. The number of aliphatic imine (C=N–C) groups is 1. The number of nitrogens with zero attached hydrogens (tertiary/aromatic N) is 2. The molecule has 1 aliphatic rings. The predicted molar refractivity (Wildman–Crippen MR) is 82.5 cm³/mol. The lowest BCUT2D eigenvalue weighted by atomic mass is 9.92. The maximum Gasteiger partial charge on any atom is 0.196 e. The van der Waals surface area contributed by atoms with Gasteiger partial charge in [-0.3, -0.25) is 4.99 Å². The van der Waals surface area contributed by atoms with Gasteiger partial charge in [0.2, 0.25) is 0 Å². The molecule has 0 aliphatic carbocycles. The number of hydrogen-bond donors (Lipinski definition) is 1. The Kier molecular flexibility index (Phi) is 4.63. The van der Waals surface area contributed by atoms with E-state index >= 15 is 0 Å². The topological polar surface area (TPSA) is 41.6 Å². The van der Waals surface area contributed by atoms with Gasteiger partial charge in [-0.1, -0.05) is 44.7 Å². The van der Waals surface area contributed by atoms with E-state index in [0.29, 0.717) is 18.2 Å². The first-order chi connectivity index (χ1) is 9.58. The Balaban J connectivity index is 2.15. The molecule has 110 valence electrons. The number of anilines is 1. The number of halogens is 1. The molecule has 1 atom stereocenters. The maximum atomic E-state index is 14.0. The minimum absolute atomic E-state index is 0.208. The summed E-state index contributed by atoms with van der Waals surface area (Å²) in [5, 5.41) is 0. The molecule has 0 radical (unpaired) electrons. The monoisotopic (exact) mass is 277 g/mol. The molecule has 3 nitrogen and oxygen atoms in total. The van der Waals surface area contributed by atoms with Gasteiger partial charge in [0.1, 0.15) is 5.82 Å². The fourth-order valence-electron chi connectivity index (χ4n) is 2.84. The number of nitrogens with two attached hydrogens (primary N) is 1. The third-order valence-corrected chi connectivity index (χ3v) is 4.01. The standard InChI is InChI=1S/C16H24FN3/c1-3-4-5-8-11-16(2)12-19-15(18)20(16)14-10-7-6-9-13(14)17/h6-7,9-10H,3-5,8,11-12H2,1-2H3,(H2,18,19). The van der Waals surface area contributed by atoms with Crippen LogP contribution in [-0.4, -0.2) is 18.0 Å². The quantitative estimate of drug-likeness (QED) is 0.806. The van der Waals surface area contributed by atoms with Crippen LogP contribution in [-0.2, 0) is 0 Å². The summed E-state index contributed by atoms with van der Waals surface area (Å²) in [4.78, 5) is 6.21. The highest BCUT2D eigenvalue weighted by molar-refractivity contribution is 5.98. The zero-order valence-electron chi connectivity index (χ0n) is 12.4. The lowest BCUT2D eigenvalue weighted by molar-refractivity contribution is 0.431. The van der Waals surface area contributed by atoms with Crippen LogP contribution in [0.25, 0.3) is 0 Å². The van der Waals surface area contributed by atoms with Gasteiger partial charge in [0.05, 0.1) is 17.8 Å². The van der Waals surface area contributed by atoms with E-state index in [9.17, 15) is 4.39 Å². The summed E-state index contributed by atoms with van der Waals surface area (Å²) in [6.45, 7) is 4.96. The molecule has 1 unspecified atom stereocenters. The molecule has 1 aromatic carbocycles. The second-order valence-electron chi connectivity index (χ2n) is 5.77. The Morgan fingerprint density at radius 2 is 2.05 bits per heavy atom. The first-order valence-corrected chi connectivity index (χ1v) is 7.43. The lowest BCUT2D eigenvalue weighted by Crippen LogP contribution is -2.50. The molecule has 0 amide bonds. The number of guanidine groups is 1. The molecule has 1 heterocycles. The van der Waals surface area contributed by atoms with E-state index in [-0.39, 0.29) is 11.4 Å². The molecule has 2 N–H and O–H groups in total. The summed E-state index contributed by atoms with van der Waals surface area (Å²) < 4.78 is 14.0. The molecule has 0 bridgehead atoms. The molecule has 0 saturated carbocycles. The number of hydrogen-bond acceptors (Lipinski definition) is 3. The van der Waals surface area contributed by atoms with Crippen LogP contribution in [0, 0.1) is 5.82 Å². The smallest absolute Gasteiger partial charge is 0.196 e. The Bertz CT molecular complexity index is 486. The summed E-state index contributed by atoms with van der Waals surface area (Å²) in [5.41, 5.74) is 6.32. The summed E-state index contributed by atoms with van der Waals surface area (Å²) in [7, 11) is 0.